The van der Waals surface area contributed by atoms with Crippen molar-refractivity contribution in [1.82, 2.24) is 0 Å². The van der Waals surface area contributed by atoms with Gasteiger partial charge in [0.1, 0.15) is 0 Å². The third kappa shape index (κ3) is 3.21. The van der Waals surface area contributed by atoms with Gasteiger partial charge in [0.2, 0.25) is 0 Å². The summed E-state index contributed by atoms with van der Waals surface area (Å²) in [5.74, 6) is 2.70. The highest BCUT2D eigenvalue weighted by molar-refractivity contribution is 4.80. The molecule has 2 rings (SSSR count). The third-order valence-electron chi connectivity index (χ3n) is 4.58. The molecule has 2 aliphatic rings. The topological polar surface area (TPSA) is 20.2 Å². The lowest BCUT2D eigenvalue weighted by atomic mass is 9.73. The Bertz CT molecular complexity index is 190. The lowest BCUT2D eigenvalue weighted by molar-refractivity contribution is 0.107. The van der Waals surface area contributed by atoms with Crippen molar-refractivity contribution < 1.29 is 5.11 Å². The van der Waals surface area contributed by atoms with E-state index in [4.69, 9.17) is 0 Å². The summed E-state index contributed by atoms with van der Waals surface area (Å²) in [5, 5.41) is 9.86. The molecule has 0 amide bonds. The Labute approximate surface area is 94.3 Å². The zero-order chi connectivity index (χ0) is 10.7. The molecule has 0 bridgehead atoms. The van der Waals surface area contributed by atoms with E-state index >= 15 is 0 Å². The molecule has 0 heterocycles. The molecule has 4 unspecified atom stereocenters. The Kier molecular flexibility index (Phi) is 4.07. The van der Waals surface area contributed by atoms with Gasteiger partial charge < -0.3 is 5.11 Å². The average Bonchev–Trinajstić information content (AvgIpc) is 2.43. The molecule has 0 spiro atoms. The Morgan fingerprint density at radius 1 is 0.800 bits per heavy atom. The summed E-state index contributed by atoms with van der Waals surface area (Å²) in [6, 6.07) is 0. The van der Waals surface area contributed by atoms with Crippen LogP contribution >= 0.6 is 0 Å². The fourth-order valence-electron chi connectivity index (χ4n) is 3.71. The van der Waals surface area contributed by atoms with E-state index < -0.39 is 0 Å². The molecule has 0 aromatic carbocycles. The molecule has 88 valence electrons. The summed E-state index contributed by atoms with van der Waals surface area (Å²) in [7, 11) is 0. The Morgan fingerprint density at radius 3 is 2.27 bits per heavy atom. The molecular weight excluding hydrogens is 184 g/mol. The van der Waals surface area contributed by atoms with Gasteiger partial charge in [0.15, 0.2) is 0 Å². The first-order chi connectivity index (χ1) is 7.25. The van der Waals surface area contributed by atoms with Crippen LogP contribution in [0.3, 0.4) is 0 Å². The maximum absolute atomic E-state index is 9.86. The van der Waals surface area contributed by atoms with E-state index in [1.807, 2.05) is 0 Å². The lowest BCUT2D eigenvalue weighted by Crippen LogP contribution is -2.24. The summed E-state index contributed by atoms with van der Waals surface area (Å²) >= 11 is 0. The highest BCUT2D eigenvalue weighted by Crippen LogP contribution is 2.39. The summed E-state index contributed by atoms with van der Waals surface area (Å²) in [5.41, 5.74) is 0. The predicted octanol–water partition coefficient (Wildman–Crippen LogP) is 3.75. The van der Waals surface area contributed by atoms with Crippen LogP contribution in [0.25, 0.3) is 0 Å². The van der Waals surface area contributed by atoms with Gasteiger partial charge in [-0.2, -0.15) is 0 Å². The molecule has 2 aliphatic carbocycles. The standard InChI is InChI=1S/C14H26O/c1-11-5-4-7-12(9-11)13-6-2-3-8-14(15)10-13/h11-15H,2-10H2,1H3. The SMILES string of the molecule is CC1CCCC(C2CCCCC(O)C2)C1. The minimum atomic E-state index is 0.00901. The van der Waals surface area contributed by atoms with Gasteiger partial charge in [-0.3, -0.25) is 0 Å². The Balaban J connectivity index is 1.89. The molecule has 0 saturated heterocycles. The number of aliphatic hydroxyl groups is 1. The monoisotopic (exact) mass is 210 g/mol. The van der Waals surface area contributed by atoms with Crippen LogP contribution in [0.5, 0.6) is 0 Å². The smallest absolute Gasteiger partial charge is 0.0543 e. The van der Waals surface area contributed by atoms with Crippen molar-refractivity contribution in [3.63, 3.8) is 0 Å². The van der Waals surface area contributed by atoms with Crippen LogP contribution in [0, 0.1) is 17.8 Å². The molecule has 0 aromatic heterocycles. The van der Waals surface area contributed by atoms with Crippen molar-refractivity contribution in [2.45, 2.75) is 70.8 Å². The molecule has 0 aromatic rings. The van der Waals surface area contributed by atoms with Crippen molar-refractivity contribution in [2.24, 2.45) is 17.8 Å². The molecular formula is C14H26O. The normalized spacial score (nSPS) is 43.6. The molecule has 15 heavy (non-hydrogen) atoms. The highest BCUT2D eigenvalue weighted by atomic mass is 16.3. The van der Waals surface area contributed by atoms with Crippen LogP contribution < -0.4 is 0 Å². The van der Waals surface area contributed by atoms with Crippen molar-refractivity contribution >= 4 is 0 Å². The summed E-state index contributed by atoms with van der Waals surface area (Å²) in [6.45, 7) is 2.40. The lowest BCUT2D eigenvalue weighted by Gasteiger charge is -2.33. The first-order valence-corrected chi connectivity index (χ1v) is 6.93. The van der Waals surface area contributed by atoms with E-state index in [0.717, 1.165) is 30.6 Å². The second-order valence-corrected chi connectivity index (χ2v) is 5.97. The first-order valence-electron chi connectivity index (χ1n) is 6.93. The van der Waals surface area contributed by atoms with E-state index in [1.54, 1.807) is 0 Å². The van der Waals surface area contributed by atoms with Crippen molar-refractivity contribution in [2.75, 3.05) is 0 Å². The van der Waals surface area contributed by atoms with Gasteiger partial charge in [-0.05, 0) is 37.0 Å². The van der Waals surface area contributed by atoms with Crippen LogP contribution in [-0.2, 0) is 0 Å². The molecule has 1 nitrogen and oxygen atoms in total. The van der Waals surface area contributed by atoms with Crippen molar-refractivity contribution in [1.29, 1.82) is 0 Å². The predicted molar refractivity (Wildman–Crippen MR) is 63.7 cm³/mol. The molecule has 0 aliphatic heterocycles. The van der Waals surface area contributed by atoms with E-state index in [1.165, 1.54) is 44.9 Å². The van der Waals surface area contributed by atoms with Crippen LogP contribution in [0.2, 0.25) is 0 Å². The quantitative estimate of drug-likeness (QED) is 0.653. The molecule has 4 atom stereocenters. The third-order valence-corrected chi connectivity index (χ3v) is 4.58. The van der Waals surface area contributed by atoms with Crippen molar-refractivity contribution in [3.05, 3.63) is 0 Å². The van der Waals surface area contributed by atoms with Crippen LogP contribution in [0.4, 0.5) is 0 Å². The first kappa shape index (κ1) is 11.4. The van der Waals surface area contributed by atoms with Gasteiger partial charge in [0, 0.05) is 0 Å². The fraction of sp³-hybridized carbons (Fsp3) is 1.00. The van der Waals surface area contributed by atoms with Crippen molar-refractivity contribution in [3.8, 4) is 0 Å². The highest BCUT2D eigenvalue weighted by Gasteiger charge is 2.29. The maximum atomic E-state index is 9.86. The number of rotatable bonds is 1. The van der Waals surface area contributed by atoms with E-state index in [9.17, 15) is 5.11 Å². The Hall–Kier alpha value is -0.0400. The Morgan fingerprint density at radius 2 is 1.47 bits per heavy atom. The zero-order valence-electron chi connectivity index (χ0n) is 10.1. The van der Waals surface area contributed by atoms with Gasteiger partial charge in [-0.25, -0.2) is 0 Å². The molecule has 1 heteroatoms. The average molecular weight is 210 g/mol. The zero-order valence-corrected chi connectivity index (χ0v) is 10.1. The molecule has 1 N–H and O–H groups in total. The van der Waals surface area contributed by atoms with Gasteiger partial charge in [0.05, 0.1) is 6.10 Å². The second-order valence-electron chi connectivity index (χ2n) is 5.97. The summed E-state index contributed by atoms with van der Waals surface area (Å²) in [6.07, 6.45) is 11.9. The summed E-state index contributed by atoms with van der Waals surface area (Å²) in [4.78, 5) is 0. The minimum Gasteiger partial charge on any atom is -0.393 e. The minimum absolute atomic E-state index is 0.00901. The van der Waals surface area contributed by atoms with Crippen LogP contribution in [0.1, 0.15) is 64.7 Å². The summed E-state index contributed by atoms with van der Waals surface area (Å²) < 4.78 is 0. The second kappa shape index (κ2) is 5.34. The van der Waals surface area contributed by atoms with Gasteiger partial charge >= 0.3 is 0 Å². The van der Waals surface area contributed by atoms with E-state index in [0.29, 0.717) is 0 Å². The van der Waals surface area contributed by atoms with Gasteiger partial charge in [-0.1, -0.05) is 45.4 Å². The van der Waals surface area contributed by atoms with E-state index in [2.05, 4.69) is 6.92 Å². The van der Waals surface area contributed by atoms with Gasteiger partial charge in [-0.15, -0.1) is 0 Å². The fourth-order valence-corrected chi connectivity index (χ4v) is 3.71. The number of aliphatic hydroxyl groups excluding tert-OH is 1. The van der Waals surface area contributed by atoms with Gasteiger partial charge in [0.25, 0.3) is 0 Å². The number of hydrogen-bond donors (Lipinski definition) is 1. The largest absolute Gasteiger partial charge is 0.393 e. The molecule has 2 fully saturated rings. The molecule has 0 radical (unpaired) electrons. The van der Waals surface area contributed by atoms with E-state index in [-0.39, 0.29) is 6.10 Å². The van der Waals surface area contributed by atoms with Crippen LogP contribution in [0.15, 0.2) is 0 Å². The van der Waals surface area contributed by atoms with Crippen LogP contribution in [-0.4, -0.2) is 11.2 Å². The maximum Gasteiger partial charge on any atom is 0.0543 e. The molecule has 2 saturated carbocycles. The number of hydrogen-bond acceptors (Lipinski definition) is 1.